The number of rotatable bonds is 5. The molecule has 1 radical (unpaired) electrons. The zero-order valence-corrected chi connectivity index (χ0v) is 34.0. The fourth-order valence-corrected chi connectivity index (χ4v) is 9.32. The van der Waals surface area contributed by atoms with Crippen molar-refractivity contribution in [2.75, 3.05) is 0 Å². The van der Waals surface area contributed by atoms with Crippen LogP contribution in [0.5, 0.6) is 0 Å². The minimum absolute atomic E-state index is 0. The van der Waals surface area contributed by atoms with Gasteiger partial charge in [-0.1, -0.05) is 169 Å². The van der Waals surface area contributed by atoms with Gasteiger partial charge in [-0.15, -0.1) is 33.4 Å². The summed E-state index contributed by atoms with van der Waals surface area (Å²) in [5.41, 5.74) is 12.3. The van der Waals surface area contributed by atoms with Gasteiger partial charge in [-0.3, -0.25) is 0 Å². The van der Waals surface area contributed by atoms with Gasteiger partial charge in [-0.25, -0.2) is 0 Å². The van der Waals surface area contributed by atoms with Crippen LogP contribution in [0.4, 0.5) is 0 Å². The van der Waals surface area contributed by atoms with Crippen LogP contribution in [0.15, 0.2) is 30.4 Å². The third kappa shape index (κ3) is 7.95. The van der Waals surface area contributed by atoms with Crippen molar-refractivity contribution < 1.29 is 51.0 Å². The second-order valence-electron chi connectivity index (χ2n) is 16.7. The summed E-state index contributed by atoms with van der Waals surface area (Å²) in [6.45, 7) is 19.3. The molecule has 0 bridgehead atoms. The Morgan fingerprint density at radius 2 is 1.35 bits per heavy atom. The molecule has 3 heteroatoms. The fraction of sp³-hybridized carbons (Fsp3) is 0.581. The Morgan fingerprint density at radius 3 is 1.83 bits per heavy atom. The maximum Gasteiger partial charge on any atom is 3.00 e. The van der Waals surface area contributed by atoms with Gasteiger partial charge < -0.3 is 24.8 Å². The zero-order chi connectivity index (χ0) is 30.5. The zero-order valence-electron chi connectivity index (χ0n) is 30.0. The molecule has 0 nitrogen and oxygen atoms in total. The van der Waals surface area contributed by atoms with E-state index in [9.17, 15) is 0 Å². The summed E-state index contributed by atoms with van der Waals surface area (Å²) in [5.74, 6) is 1.68. The van der Waals surface area contributed by atoms with Crippen molar-refractivity contribution in [3.8, 4) is 0 Å². The van der Waals surface area contributed by atoms with Gasteiger partial charge in [-0.05, 0) is 61.3 Å². The van der Waals surface area contributed by atoms with Gasteiger partial charge in [0.05, 0.1) is 0 Å². The molecule has 6 rings (SSSR count). The number of fused-ring (bicyclic) bond motifs is 2. The van der Waals surface area contributed by atoms with E-state index < -0.39 is 0 Å². The van der Waals surface area contributed by atoms with E-state index >= 15 is 0 Å². The molecule has 2 saturated carbocycles. The molecule has 46 heavy (non-hydrogen) atoms. The SMILES string of the molecule is Cc1cc2c(cc1C(C)(C)C)=c1c(c(C3=CC=CC3)c(C)c(C(C)(C)C)c1=C(CC1CCCCC1)CC1CCCCC1)[C-]=2.[Cl-].[Cl-].[Zr+3]. The molecule has 0 saturated heterocycles. The average molecular weight is 736 g/mol. The van der Waals surface area contributed by atoms with Crippen molar-refractivity contribution in [3.63, 3.8) is 0 Å². The monoisotopic (exact) mass is 733 g/mol. The fourth-order valence-electron chi connectivity index (χ4n) is 9.32. The van der Waals surface area contributed by atoms with Gasteiger partial charge in [-0.2, -0.15) is 0 Å². The molecule has 0 heterocycles. The molecular weight excluding hydrogens is 679 g/mol. The molecule has 0 amide bonds. The van der Waals surface area contributed by atoms with Crippen LogP contribution in [-0.2, 0) is 37.0 Å². The molecule has 0 unspecified atom stereocenters. The van der Waals surface area contributed by atoms with E-state index in [2.05, 4.69) is 91.8 Å². The third-order valence-corrected chi connectivity index (χ3v) is 11.2. The van der Waals surface area contributed by atoms with E-state index in [-0.39, 0.29) is 61.8 Å². The first kappa shape index (κ1) is 39.6. The normalized spacial score (nSPS) is 18.0. The third-order valence-electron chi connectivity index (χ3n) is 11.2. The van der Waals surface area contributed by atoms with Crippen LogP contribution in [0.2, 0.25) is 0 Å². The van der Waals surface area contributed by atoms with Crippen LogP contribution in [-0.4, -0.2) is 0 Å². The van der Waals surface area contributed by atoms with Gasteiger partial charge in [0, 0.05) is 0 Å². The van der Waals surface area contributed by atoms with E-state index in [1.165, 1.54) is 126 Å². The van der Waals surface area contributed by atoms with Crippen molar-refractivity contribution in [2.45, 2.75) is 150 Å². The first-order valence-corrected chi connectivity index (χ1v) is 17.8. The average Bonchev–Trinajstić information content (AvgIpc) is 3.59. The predicted molar refractivity (Wildman–Crippen MR) is 187 cm³/mol. The Kier molecular flexibility index (Phi) is 13.6. The number of halogens is 2. The van der Waals surface area contributed by atoms with Gasteiger partial charge >= 0.3 is 26.2 Å². The van der Waals surface area contributed by atoms with Crippen molar-refractivity contribution in [2.24, 2.45) is 11.8 Å². The number of benzene rings is 2. The van der Waals surface area contributed by atoms with Crippen LogP contribution in [0, 0.1) is 36.1 Å². The molecule has 2 aromatic carbocycles. The van der Waals surface area contributed by atoms with Crippen molar-refractivity contribution in [3.05, 3.63) is 84.6 Å². The largest absolute Gasteiger partial charge is 3.00 e. The summed E-state index contributed by atoms with van der Waals surface area (Å²) in [5, 5.41) is 5.93. The summed E-state index contributed by atoms with van der Waals surface area (Å²) in [7, 11) is 0. The van der Waals surface area contributed by atoms with Crippen LogP contribution >= 0.6 is 0 Å². The molecule has 2 fully saturated rings. The van der Waals surface area contributed by atoms with E-state index in [0.717, 1.165) is 18.3 Å². The smallest absolute Gasteiger partial charge is 1.00 e. The minimum atomic E-state index is 0. The van der Waals surface area contributed by atoms with E-state index in [4.69, 9.17) is 0 Å². The number of aryl methyl sites for hydroxylation is 1. The standard InChI is InChI=1S/C43H57.2ClH.Zr/c1-28-23-33-26-36-38(32-21-15-16-22-32)29(2)41(43(6,7)8)39(40(36)35(33)27-37(28)42(3,4)5)34(24-30-17-11-9-12-18-30)25-31-19-13-10-14-20-31;;;/h15-16,21,23,27,30-31H,9-14,17-20,22,24-25H2,1-8H3;2*1H;/q-1;;;+3/p-2. The minimum Gasteiger partial charge on any atom is -1.00 e. The Labute approximate surface area is 312 Å². The maximum atomic E-state index is 4.08. The van der Waals surface area contributed by atoms with Gasteiger partial charge in [0.2, 0.25) is 0 Å². The summed E-state index contributed by atoms with van der Waals surface area (Å²) in [6.07, 6.45) is 28.9. The molecule has 247 valence electrons. The quantitative estimate of drug-likeness (QED) is 0.336. The molecular formula is C43H57Cl2Zr. The van der Waals surface area contributed by atoms with Crippen molar-refractivity contribution in [1.29, 1.82) is 0 Å². The van der Waals surface area contributed by atoms with E-state index in [0.29, 0.717) is 0 Å². The molecule has 2 aromatic rings. The van der Waals surface area contributed by atoms with Crippen LogP contribution in [0.25, 0.3) is 17.2 Å². The first-order chi connectivity index (χ1) is 20.4. The molecule has 0 N–H and O–H groups in total. The molecule has 0 aliphatic heterocycles. The topological polar surface area (TPSA) is 0 Å². The van der Waals surface area contributed by atoms with Crippen molar-refractivity contribution >= 4 is 17.2 Å². The van der Waals surface area contributed by atoms with Crippen molar-refractivity contribution in [1.82, 2.24) is 0 Å². The number of allylic oxidation sites excluding steroid dienone is 4. The van der Waals surface area contributed by atoms with Gasteiger partial charge in [0.15, 0.2) is 0 Å². The van der Waals surface area contributed by atoms with Gasteiger partial charge in [0.25, 0.3) is 0 Å². The predicted octanol–water partition coefficient (Wildman–Crippen LogP) is 4.64. The van der Waals surface area contributed by atoms with Crippen LogP contribution in [0.1, 0.15) is 158 Å². The summed E-state index contributed by atoms with van der Waals surface area (Å²) in [4.78, 5) is 0. The molecule has 0 spiro atoms. The summed E-state index contributed by atoms with van der Waals surface area (Å²) < 4.78 is 0. The Balaban J connectivity index is 0.00000192. The van der Waals surface area contributed by atoms with Crippen LogP contribution in [0.3, 0.4) is 0 Å². The molecule has 0 atom stereocenters. The second-order valence-corrected chi connectivity index (χ2v) is 16.7. The van der Waals surface area contributed by atoms with Crippen LogP contribution < -0.4 is 35.3 Å². The van der Waals surface area contributed by atoms with E-state index in [1.54, 1.807) is 16.4 Å². The Morgan fingerprint density at radius 1 is 0.783 bits per heavy atom. The summed E-state index contributed by atoms with van der Waals surface area (Å²) in [6, 6.07) is 5.04. The summed E-state index contributed by atoms with van der Waals surface area (Å²) >= 11 is 0. The second kappa shape index (κ2) is 15.8. The Bertz CT molecular complexity index is 1660. The molecule has 4 aliphatic rings. The van der Waals surface area contributed by atoms with E-state index in [1.807, 2.05) is 0 Å². The first-order valence-electron chi connectivity index (χ1n) is 17.8. The maximum absolute atomic E-state index is 4.08. The molecule has 4 aliphatic carbocycles. The number of hydrogen-bond acceptors (Lipinski definition) is 0. The van der Waals surface area contributed by atoms with Gasteiger partial charge in [0.1, 0.15) is 0 Å². The molecule has 0 aromatic heterocycles. The Hall–Kier alpha value is -0.877. The number of hydrogen-bond donors (Lipinski definition) is 0.